The van der Waals surface area contributed by atoms with E-state index in [2.05, 4.69) is 5.32 Å². The first-order valence-electron chi connectivity index (χ1n) is 21.1. The second kappa shape index (κ2) is 33.5. The minimum absolute atomic E-state index is 0.0328. The first kappa shape index (κ1) is 69.0. The van der Waals surface area contributed by atoms with E-state index in [0.29, 0.717) is 36.6 Å². The Labute approximate surface area is 502 Å². The fraction of sp³-hybridized carbons (Fsp3) is 0.326. The molecule has 7 rings (SSSR count). The molecule has 7 heterocycles. The number of halogens is 8. The van der Waals surface area contributed by atoms with Crippen LogP contribution in [0.5, 0.6) is 0 Å². The third-order valence-corrected chi connectivity index (χ3v) is 16.0. The Bertz CT molecular complexity index is 2980. The first-order chi connectivity index (χ1) is 35.9. The van der Waals surface area contributed by atoms with Gasteiger partial charge >= 0.3 is 23.9 Å². The number of nitrogens with zero attached hydrogens (tertiary/aromatic N) is 3. The number of nitrogens with two attached hydrogens (primary N) is 1. The summed E-state index contributed by atoms with van der Waals surface area (Å²) in [4.78, 5) is 89.2. The monoisotopic (exact) mass is 1340 g/mol. The number of nitrogen functional groups attached to an aromatic ring is 1. The molecule has 20 nitrogen and oxygen atoms in total. The number of ether oxygens (including phenoxy) is 4. The van der Waals surface area contributed by atoms with E-state index in [1.807, 2.05) is 0 Å². The Hall–Kier alpha value is -4.13. The van der Waals surface area contributed by atoms with Gasteiger partial charge < -0.3 is 30.0 Å². The Kier molecular flexibility index (Phi) is 30.0. The number of carbonyl (C=O) groups is 5. The normalized spacial score (nSPS) is 11.3. The molecule has 1 aliphatic heterocycles. The molecule has 3 N–H and O–H groups in total. The maximum absolute atomic E-state index is 12.3. The Balaban J connectivity index is 0.000000327. The molecule has 0 saturated carbocycles. The molecule has 1 aliphatic rings. The molecule has 1 amide bonds. The lowest BCUT2D eigenvalue weighted by atomic mass is 10.1. The van der Waals surface area contributed by atoms with Gasteiger partial charge in [-0.1, -0.05) is 92.8 Å². The predicted octanol–water partition coefficient (Wildman–Crippen LogP) is 15.7. The Morgan fingerprint density at radius 1 is 0.610 bits per heavy atom. The summed E-state index contributed by atoms with van der Waals surface area (Å²) >= 11 is 51.6. The summed E-state index contributed by atoms with van der Waals surface area (Å²) in [5.41, 5.74) is 5.54. The molecule has 0 aliphatic carbocycles. The van der Waals surface area contributed by atoms with Gasteiger partial charge in [-0.15, -0.1) is 68.0 Å². The van der Waals surface area contributed by atoms with Crippen LogP contribution in [0.1, 0.15) is 67.0 Å². The number of hydrogen-bond donors (Lipinski definition) is 2. The highest BCUT2D eigenvalue weighted by Crippen LogP contribution is 2.40. The molecule has 0 bridgehead atoms. The van der Waals surface area contributed by atoms with E-state index in [0.717, 1.165) is 68.5 Å². The van der Waals surface area contributed by atoms with Gasteiger partial charge in [0.2, 0.25) is 5.91 Å². The van der Waals surface area contributed by atoms with E-state index in [-0.39, 0.29) is 62.9 Å². The van der Waals surface area contributed by atoms with Crippen molar-refractivity contribution in [2.75, 3.05) is 30.9 Å². The zero-order valence-electron chi connectivity index (χ0n) is 40.4. The van der Waals surface area contributed by atoms with E-state index >= 15 is 0 Å². The second-order valence-corrected chi connectivity index (χ2v) is 26.6. The van der Waals surface area contributed by atoms with Crippen LogP contribution in [-0.4, -0.2) is 70.0 Å². The van der Waals surface area contributed by atoms with Gasteiger partial charge in [-0.25, -0.2) is 0 Å². The van der Waals surface area contributed by atoms with E-state index in [1.54, 1.807) is 65.8 Å². The molecule has 77 heavy (non-hydrogen) atoms. The molecule has 0 radical (unpaired) electrons. The standard InChI is InChI=1S/C13H16ClNO6S.C8H8ClNO4S.C8H10ClNO2S.C6H4ClNOS.C4HCl2NO2S.C4H2Cl2S/c1-5-20-11(16)9(12(17)21-13(2,3)4)10-7(15(18)19)6-8(14)22-10;1-2-14-8(11)4-6-5(10(12)13)3-7(9)15-6;1-2-12-8(11)4-6-5(10)3-7(9)13-6;7-5-1-3-4(10-5)2-6(9)8-3;5-3-1-2(7(8)9)4(6)10-3;5-3-1-2-4(6)7-3/h6,9H,5H2,1-4H3;3H,2,4H2,1H3;3H,2,4,10H2,1H3;1H,2H2,(H,8,9);1H;1-2H. The first-order valence-corrected chi connectivity index (χ1v) is 29.0. The number of hydrogen-bond acceptors (Lipinski definition) is 22. The van der Waals surface area contributed by atoms with Crippen molar-refractivity contribution in [1.29, 1.82) is 0 Å². The molecule has 0 fully saturated rings. The van der Waals surface area contributed by atoms with Crippen molar-refractivity contribution < 1.29 is 57.7 Å². The smallest absolute Gasteiger partial charge is 0.326 e. The van der Waals surface area contributed by atoms with Gasteiger partial charge in [0.1, 0.15) is 23.5 Å². The summed E-state index contributed by atoms with van der Waals surface area (Å²) in [6.07, 6.45) is 0.589. The van der Waals surface area contributed by atoms with Crippen molar-refractivity contribution in [1.82, 2.24) is 0 Å². The van der Waals surface area contributed by atoms with Gasteiger partial charge in [0.15, 0.2) is 10.3 Å². The molecule has 0 saturated heterocycles. The maximum Gasteiger partial charge on any atom is 0.326 e. The average molecular weight is 1340 g/mol. The van der Waals surface area contributed by atoms with Gasteiger partial charge in [0.25, 0.3) is 17.1 Å². The zero-order chi connectivity index (χ0) is 58.5. The van der Waals surface area contributed by atoms with E-state index in [9.17, 15) is 54.3 Å². The summed E-state index contributed by atoms with van der Waals surface area (Å²) in [6, 6.07) is 10.5. The number of nitrogens with one attached hydrogen (secondary N) is 1. The van der Waals surface area contributed by atoms with Crippen LogP contribution in [0.3, 0.4) is 0 Å². The molecule has 6 aromatic heterocycles. The lowest BCUT2D eigenvalue weighted by Crippen LogP contribution is -2.32. The van der Waals surface area contributed by atoms with Crippen molar-refractivity contribution in [2.45, 2.75) is 72.3 Å². The quantitative estimate of drug-likeness (QED) is 0.0357. The number of nitro groups is 3. The molecular formula is C43H41Cl8N5O15S6. The number of fused-ring (bicyclic) bond motifs is 1. The van der Waals surface area contributed by atoms with Gasteiger partial charge in [-0.05, 0) is 65.8 Å². The Morgan fingerprint density at radius 3 is 1.48 bits per heavy atom. The minimum atomic E-state index is -1.53. The highest BCUT2D eigenvalue weighted by atomic mass is 35.5. The van der Waals surface area contributed by atoms with Crippen molar-refractivity contribution >= 4 is 219 Å². The number of esters is 4. The second-order valence-electron chi connectivity index (χ2n) is 14.9. The largest absolute Gasteiger partial charge is 0.466 e. The number of amides is 1. The zero-order valence-corrected chi connectivity index (χ0v) is 51.3. The third-order valence-electron chi connectivity index (χ3n) is 8.07. The van der Waals surface area contributed by atoms with Gasteiger partial charge in [-0.3, -0.25) is 54.3 Å². The fourth-order valence-corrected chi connectivity index (χ4v) is 12.7. The average Bonchev–Trinajstić information content (AvgIpc) is 4.19. The predicted molar refractivity (Wildman–Crippen MR) is 309 cm³/mol. The van der Waals surface area contributed by atoms with Crippen LogP contribution in [0.4, 0.5) is 28.4 Å². The van der Waals surface area contributed by atoms with Crippen LogP contribution in [0, 0.1) is 30.3 Å². The lowest BCUT2D eigenvalue weighted by Gasteiger charge is -2.22. The topological polar surface area (TPSA) is 290 Å². The van der Waals surface area contributed by atoms with Crippen LogP contribution in [-0.2, 0) is 62.2 Å². The SMILES string of the molecule is CCOC(=O)C(C(=O)OC(C)(C)C)c1sc(Cl)cc1[N+](=O)[O-].CCOC(=O)Cc1sc(Cl)cc1N.CCOC(=O)Cc1sc(Cl)cc1[N+](=O)[O-].Clc1ccc(Cl)s1.O=C1Cc2sc(Cl)cc2N1.O=[N+]([O-])c1cc(Cl)sc1Cl. The van der Waals surface area contributed by atoms with Crippen LogP contribution in [0.15, 0.2) is 42.5 Å². The van der Waals surface area contributed by atoms with Gasteiger partial charge in [0.05, 0.1) is 81.8 Å². The molecular weight excluding hydrogens is 1300 g/mol. The maximum atomic E-state index is 12.3. The van der Waals surface area contributed by atoms with Crippen molar-refractivity contribution in [3.05, 3.63) is 127 Å². The minimum Gasteiger partial charge on any atom is -0.466 e. The number of thiophene rings is 6. The molecule has 1 unspecified atom stereocenters. The molecule has 0 aromatic carbocycles. The number of anilines is 2. The molecule has 1 atom stereocenters. The van der Waals surface area contributed by atoms with Crippen LogP contribution >= 0.6 is 161 Å². The summed E-state index contributed by atoms with van der Waals surface area (Å²) < 4.78 is 23.1. The van der Waals surface area contributed by atoms with Crippen molar-refractivity contribution in [3.63, 3.8) is 0 Å². The van der Waals surface area contributed by atoms with Crippen LogP contribution in [0.25, 0.3) is 0 Å². The summed E-state index contributed by atoms with van der Waals surface area (Å²) in [5, 5.41) is 34.5. The van der Waals surface area contributed by atoms with E-state index in [4.69, 9.17) is 117 Å². The van der Waals surface area contributed by atoms with E-state index in [1.165, 1.54) is 46.1 Å². The molecule has 6 aromatic rings. The summed E-state index contributed by atoms with van der Waals surface area (Å²) in [5.74, 6) is -4.03. The number of carbonyl (C=O) groups excluding carboxylic acids is 5. The molecule has 34 heteroatoms. The van der Waals surface area contributed by atoms with Crippen LogP contribution < -0.4 is 11.1 Å². The summed E-state index contributed by atoms with van der Waals surface area (Å²) in [6.45, 7) is 10.6. The Morgan fingerprint density at radius 2 is 1.06 bits per heavy atom. The summed E-state index contributed by atoms with van der Waals surface area (Å²) in [7, 11) is 0. The van der Waals surface area contributed by atoms with E-state index < -0.39 is 49.9 Å². The van der Waals surface area contributed by atoms with Gasteiger partial charge in [0, 0.05) is 33.6 Å². The van der Waals surface area contributed by atoms with Crippen LogP contribution in [0.2, 0.25) is 34.7 Å². The number of rotatable bonds is 13. The molecule has 0 spiro atoms. The highest BCUT2D eigenvalue weighted by Gasteiger charge is 2.40. The van der Waals surface area contributed by atoms with Crippen molar-refractivity contribution in [3.8, 4) is 0 Å². The fourth-order valence-electron chi connectivity index (χ4n) is 5.24. The molecule has 420 valence electrons. The highest BCUT2D eigenvalue weighted by molar-refractivity contribution is 7.21. The van der Waals surface area contributed by atoms with Crippen molar-refractivity contribution in [2.24, 2.45) is 0 Å². The van der Waals surface area contributed by atoms with Gasteiger partial charge in [-0.2, -0.15) is 0 Å². The lowest BCUT2D eigenvalue weighted by molar-refractivity contribution is -0.385. The third kappa shape index (κ3) is 24.8.